The molecule has 1 aliphatic heterocycles. The Morgan fingerprint density at radius 2 is 2.11 bits per heavy atom. The molecule has 0 fully saturated rings. The summed E-state index contributed by atoms with van der Waals surface area (Å²) in [5.41, 5.74) is 4.88. The van der Waals surface area contributed by atoms with E-state index in [9.17, 15) is 25.1 Å². The number of hydrogen-bond acceptors (Lipinski definition) is 7. The van der Waals surface area contributed by atoms with Crippen LogP contribution in [0.1, 0.15) is 5.56 Å². The number of hydrogen-bond donors (Lipinski definition) is 3. The van der Waals surface area contributed by atoms with Gasteiger partial charge in [-0.05, 0) is 29.5 Å². The molecular weight excluding hydrogens is 274 g/mol. The van der Waals surface area contributed by atoms with Crippen LogP contribution in [0.15, 0.2) is 22.0 Å². The molecule has 1 aromatic carbocycles. The van der Waals surface area contributed by atoms with Crippen LogP contribution in [0.25, 0.3) is 6.08 Å². The number of carbonyl (C=O) groups excluding carboxylic acids is 1. The molecule has 4 N–H and O–H groups in total. The molecular formula is C10H7N3O5S. The molecule has 0 saturated carbocycles. The zero-order valence-corrected chi connectivity index (χ0v) is 10.0. The lowest BCUT2D eigenvalue weighted by atomic mass is 10.1. The highest BCUT2D eigenvalue weighted by molar-refractivity contribution is 8.18. The highest BCUT2D eigenvalue weighted by atomic mass is 32.2. The van der Waals surface area contributed by atoms with E-state index in [2.05, 4.69) is 4.99 Å². The standard InChI is InChI=1S/C10H7N3O5S/c11-10-12-9(16)7(19-10)3-4-1-5(13(17)18)8(15)6(14)2-4/h1-3,14-15H,(H2,11,12,16). The topological polar surface area (TPSA) is 139 Å². The maximum atomic E-state index is 11.4. The number of nitro benzene ring substituents is 1. The molecule has 1 amide bonds. The van der Waals surface area contributed by atoms with Crippen LogP contribution in [0.4, 0.5) is 5.69 Å². The first-order valence-electron chi connectivity index (χ1n) is 4.87. The van der Waals surface area contributed by atoms with Crippen molar-refractivity contribution >= 4 is 34.6 Å². The van der Waals surface area contributed by atoms with Gasteiger partial charge >= 0.3 is 5.69 Å². The van der Waals surface area contributed by atoms with E-state index in [1.807, 2.05) is 0 Å². The summed E-state index contributed by atoms with van der Waals surface area (Å²) in [5, 5.41) is 29.5. The molecule has 8 nitrogen and oxygen atoms in total. The molecule has 0 radical (unpaired) electrons. The van der Waals surface area contributed by atoms with E-state index < -0.39 is 28.0 Å². The van der Waals surface area contributed by atoms with E-state index in [4.69, 9.17) is 5.73 Å². The Bertz CT molecular complexity index is 653. The highest BCUT2D eigenvalue weighted by Gasteiger charge is 2.22. The van der Waals surface area contributed by atoms with Crippen molar-refractivity contribution in [2.45, 2.75) is 0 Å². The quantitative estimate of drug-likeness (QED) is 0.317. The zero-order valence-electron chi connectivity index (χ0n) is 9.23. The van der Waals surface area contributed by atoms with E-state index in [1.165, 1.54) is 6.08 Å². The SMILES string of the molecule is NC1=NC(=O)C(=Cc2cc(O)c(O)c([N+](=O)[O-])c2)S1. The molecule has 0 aliphatic carbocycles. The molecule has 1 aliphatic rings. The summed E-state index contributed by atoms with van der Waals surface area (Å²) in [5.74, 6) is -2.03. The lowest BCUT2D eigenvalue weighted by molar-refractivity contribution is -0.386. The summed E-state index contributed by atoms with van der Waals surface area (Å²) >= 11 is 0.918. The largest absolute Gasteiger partial charge is 0.504 e. The summed E-state index contributed by atoms with van der Waals surface area (Å²) in [4.78, 5) is 24.8. The Hall–Kier alpha value is -2.55. The number of carbonyl (C=O) groups is 1. The second-order valence-corrected chi connectivity index (χ2v) is 4.59. The van der Waals surface area contributed by atoms with Crippen LogP contribution in [-0.4, -0.2) is 26.2 Å². The molecule has 0 unspecified atom stereocenters. The first-order valence-corrected chi connectivity index (χ1v) is 5.68. The molecule has 98 valence electrons. The number of amides is 1. The summed E-state index contributed by atoms with van der Waals surface area (Å²) in [7, 11) is 0. The van der Waals surface area contributed by atoms with Gasteiger partial charge in [-0.15, -0.1) is 0 Å². The third kappa shape index (κ3) is 2.50. The zero-order chi connectivity index (χ0) is 14.2. The monoisotopic (exact) mass is 281 g/mol. The number of phenols is 2. The van der Waals surface area contributed by atoms with Crippen LogP contribution in [0, 0.1) is 10.1 Å². The Kier molecular flexibility index (Phi) is 3.13. The summed E-state index contributed by atoms with van der Waals surface area (Å²) in [6.45, 7) is 0. The van der Waals surface area contributed by atoms with Gasteiger partial charge in [-0.3, -0.25) is 14.9 Å². The number of phenolic OH excluding ortho intramolecular Hbond substituents is 2. The van der Waals surface area contributed by atoms with Gasteiger partial charge in [0.25, 0.3) is 5.91 Å². The number of nitrogens with zero attached hydrogens (tertiary/aromatic N) is 2. The third-order valence-electron chi connectivity index (χ3n) is 2.22. The number of nitrogens with two attached hydrogens (primary N) is 1. The lowest BCUT2D eigenvalue weighted by Crippen LogP contribution is -2.01. The van der Waals surface area contributed by atoms with Gasteiger partial charge in [-0.2, -0.15) is 4.99 Å². The van der Waals surface area contributed by atoms with E-state index in [0.717, 1.165) is 23.9 Å². The molecule has 0 aromatic heterocycles. The average Bonchev–Trinajstić information content (AvgIpc) is 2.62. The Balaban J connectivity index is 2.45. The Morgan fingerprint density at radius 3 is 2.63 bits per heavy atom. The maximum Gasteiger partial charge on any atom is 0.315 e. The van der Waals surface area contributed by atoms with Crippen molar-refractivity contribution in [3.8, 4) is 11.5 Å². The molecule has 0 atom stereocenters. The van der Waals surface area contributed by atoms with Crippen molar-refractivity contribution < 1.29 is 19.9 Å². The average molecular weight is 281 g/mol. The predicted molar refractivity (Wildman–Crippen MR) is 68.6 cm³/mol. The number of aliphatic imine (C=N–C) groups is 1. The highest BCUT2D eigenvalue weighted by Crippen LogP contribution is 2.37. The van der Waals surface area contributed by atoms with Crippen LogP contribution < -0.4 is 5.73 Å². The van der Waals surface area contributed by atoms with E-state index >= 15 is 0 Å². The second-order valence-electron chi connectivity index (χ2n) is 3.53. The summed E-state index contributed by atoms with van der Waals surface area (Å²) < 4.78 is 0. The van der Waals surface area contributed by atoms with Crippen molar-refractivity contribution in [3.05, 3.63) is 32.7 Å². The van der Waals surface area contributed by atoms with Crippen LogP contribution in [-0.2, 0) is 4.79 Å². The normalized spacial score (nSPS) is 16.7. The number of benzene rings is 1. The van der Waals surface area contributed by atoms with E-state index in [1.54, 1.807) is 0 Å². The summed E-state index contributed by atoms with van der Waals surface area (Å²) in [6.07, 6.45) is 1.29. The first-order chi connectivity index (χ1) is 8.88. The number of nitro groups is 1. The minimum Gasteiger partial charge on any atom is -0.504 e. The molecule has 1 aromatic rings. The number of thioether (sulfide) groups is 1. The van der Waals surface area contributed by atoms with Gasteiger partial charge < -0.3 is 15.9 Å². The van der Waals surface area contributed by atoms with Crippen LogP contribution in [0.5, 0.6) is 11.5 Å². The van der Waals surface area contributed by atoms with Gasteiger partial charge in [0.2, 0.25) is 5.75 Å². The number of aromatic hydroxyl groups is 2. The van der Waals surface area contributed by atoms with E-state index in [0.29, 0.717) is 0 Å². The summed E-state index contributed by atoms with van der Waals surface area (Å²) in [6, 6.07) is 2.13. The van der Waals surface area contributed by atoms with Gasteiger partial charge in [0.15, 0.2) is 10.9 Å². The first kappa shape index (κ1) is 12.9. The number of amidine groups is 1. The smallest absolute Gasteiger partial charge is 0.315 e. The van der Waals surface area contributed by atoms with Crippen molar-refractivity contribution in [2.75, 3.05) is 0 Å². The van der Waals surface area contributed by atoms with Crippen LogP contribution in [0.3, 0.4) is 0 Å². The Morgan fingerprint density at radius 1 is 1.42 bits per heavy atom. The van der Waals surface area contributed by atoms with Crippen molar-refractivity contribution in [1.29, 1.82) is 0 Å². The molecule has 19 heavy (non-hydrogen) atoms. The predicted octanol–water partition coefficient (Wildman–Crippen LogP) is 0.935. The minimum atomic E-state index is -0.842. The van der Waals surface area contributed by atoms with Gasteiger partial charge in [0.1, 0.15) is 0 Å². The van der Waals surface area contributed by atoms with Crippen LogP contribution in [0.2, 0.25) is 0 Å². The van der Waals surface area contributed by atoms with E-state index in [-0.39, 0.29) is 15.6 Å². The molecule has 0 bridgehead atoms. The molecule has 9 heteroatoms. The lowest BCUT2D eigenvalue weighted by Gasteiger charge is -2.01. The van der Waals surface area contributed by atoms with Gasteiger partial charge in [-0.1, -0.05) is 0 Å². The number of rotatable bonds is 2. The van der Waals surface area contributed by atoms with Gasteiger partial charge in [0.05, 0.1) is 9.83 Å². The van der Waals surface area contributed by atoms with Gasteiger partial charge in [0, 0.05) is 6.07 Å². The van der Waals surface area contributed by atoms with Crippen molar-refractivity contribution in [1.82, 2.24) is 0 Å². The van der Waals surface area contributed by atoms with Crippen molar-refractivity contribution in [2.24, 2.45) is 10.7 Å². The second kappa shape index (κ2) is 4.61. The fourth-order valence-corrected chi connectivity index (χ4v) is 2.11. The molecule has 2 rings (SSSR count). The fraction of sp³-hybridized carbons (Fsp3) is 0. The van der Waals surface area contributed by atoms with Gasteiger partial charge in [-0.25, -0.2) is 0 Å². The van der Waals surface area contributed by atoms with Crippen LogP contribution >= 0.6 is 11.8 Å². The van der Waals surface area contributed by atoms with Crippen molar-refractivity contribution in [3.63, 3.8) is 0 Å². The third-order valence-corrected chi connectivity index (χ3v) is 3.04. The Labute approximate surface area is 110 Å². The molecule has 0 spiro atoms. The fourth-order valence-electron chi connectivity index (χ4n) is 1.42. The molecule has 1 heterocycles. The molecule has 0 saturated heterocycles. The maximum absolute atomic E-state index is 11.4. The minimum absolute atomic E-state index is 0.0775.